The molecule has 0 unspecified atom stereocenters. The van der Waals surface area contributed by atoms with E-state index in [0.29, 0.717) is 11.1 Å². The second kappa shape index (κ2) is 12.3. The van der Waals surface area contributed by atoms with E-state index in [-0.39, 0.29) is 36.1 Å². The summed E-state index contributed by atoms with van der Waals surface area (Å²) in [6.07, 6.45) is 0.372. The van der Waals surface area contributed by atoms with Crippen LogP contribution in [0.5, 0.6) is 23.0 Å². The Morgan fingerprint density at radius 1 is 0.550 bits per heavy atom. The van der Waals surface area contributed by atoms with Crippen LogP contribution in [0.3, 0.4) is 0 Å². The lowest BCUT2D eigenvalue weighted by molar-refractivity contribution is 0.0927. The van der Waals surface area contributed by atoms with Crippen LogP contribution in [0.1, 0.15) is 68.9 Å². The Morgan fingerprint density at radius 2 is 0.900 bits per heavy atom. The molecule has 0 bridgehead atoms. The summed E-state index contributed by atoms with van der Waals surface area (Å²) in [6, 6.07) is 24.0. The number of phenols is 4. The van der Waals surface area contributed by atoms with Crippen molar-refractivity contribution in [2.45, 2.75) is 38.8 Å². The Balaban J connectivity index is 1.42. The van der Waals surface area contributed by atoms with Gasteiger partial charge in [0.2, 0.25) is 0 Å². The van der Waals surface area contributed by atoms with Crippen molar-refractivity contribution in [1.82, 2.24) is 10.6 Å². The van der Waals surface area contributed by atoms with Crippen LogP contribution < -0.4 is 10.6 Å². The SMILES string of the molecule is C[C@H](NC(=O)c1ccc(CCc2ccc(C(=O)N[C@@H](C)c3ccccc3)c(O)c2O)c(O)c1O)c1ccccc1. The van der Waals surface area contributed by atoms with E-state index >= 15 is 0 Å². The van der Waals surface area contributed by atoms with Crippen LogP contribution in [0, 0.1) is 0 Å². The van der Waals surface area contributed by atoms with E-state index in [0.717, 1.165) is 11.1 Å². The summed E-state index contributed by atoms with van der Waals surface area (Å²) in [5.74, 6) is -3.02. The summed E-state index contributed by atoms with van der Waals surface area (Å²) in [5, 5.41) is 47.8. The number of hydrogen-bond acceptors (Lipinski definition) is 6. The number of aromatic hydroxyl groups is 4. The first-order valence-corrected chi connectivity index (χ1v) is 13.0. The molecule has 8 nitrogen and oxygen atoms in total. The smallest absolute Gasteiger partial charge is 0.255 e. The number of aryl methyl sites for hydroxylation is 2. The van der Waals surface area contributed by atoms with Crippen molar-refractivity contribution >= 4 is 11.8 Å². The molecule has 8 heteroatoms. The van der Waals surface area contributed by atoms with Crippen molar-refractivity contribution < 1.29 is 30.0 Å². The molecular formula is C32H32N2O6. The zero-order valence-corrected chi connectivity index (χ0v) is 22.3. The van der Waals surface area contributed by atoms with Crippen LogP contribution in [0.4, 0.5) is 0 Å². The lowest BCUT2D eigenvalue weighted by Gasteiger charge is -2.17. The van der Waals surface area contributed by atoms with Crippen molar-refractivity contribution in [3.63, 3.8) is 0 Å². The highest BCUT2D eigenvalue weighted by Gasteiger charge is 2.22. The molecule has 0 aliphatic rings. The standard InChI is InChI=1S/C32H32N2O6/c1-19(21-9-5-3-6-10-21)33-31(39)25-17-15-23(27(35)29(25)37)13-14-24-16-18-26(30(38)28(24)36)32(40)34-20(2)22-11-7-4-8-12-22/h3-12,15-20,35-38H,13-14H2,1-2H3,(H,33,39)(H,34,40)/t19-,20-/m0/s1. The number of benzene rings is 4. The second-order valence-electron chi connectivity index (χ2n) is 9.65. The van der Waals surface area contributed by atoms with Crippen LogP contribution in [-0.4, -0.2) is 32.2 Å². The zero-order valence-electron chi connectivity index (χ0n) is 22.3. The van der Waals surface area contributed by atoms with Crippen molar-refractivity contribution in [1.29, 1.82) is 0 Å². The van der Waals surface area contributed by atoms with Gasteiger partial charge in [-0.25, -0.2) is 0 Å². The normalized spacial score (nSPS) is 12.3. The van der Waals surface area contributed by atoms with Gasteiger partial charge in [0.15, 0.2) is 23.0 Å². The third kappa shape index (κ3) is 6.18. The quantitative estimate of drug-likeness (QED) is 0.160. The van der Waals surface area contributed by atoms with Crippen molar-refractivity contribution in [3.8, 4) is 23.0 Å². The minimum absolute atomic E-state index is 0.0652. The number of phenolic OH excluding ortho intramolecular Hbond substituents is 4. The van der Waals surface area contributed by atoms with Crippen LogP contribution in [0.2, 0.25) is 0 Å². The van der Waals surface area contributed by atoms with Gasteiger partial charge in [-0.2, -0.15) is 0 Å². The maximum atomic E-state index is 12.7. The van der Waals surface area contributed by atoms with Crippen LogP contribution >= 0.6 is 0 Å². The molecule has 0 aliphatic heterocycles. The molecule has 2 atom stereocenters. The maximum absolute atomic E-state index is 12.7. The van der Waals surface area contributed by atoms with Gasteiger partial charge in [-0.05, 0) is 61.1 Å². The Hall–Kier alpha value is -4.98. The second-order valence-corrected chi connectivity index (χ2v) is 9.65. The Kier molecular flexibility index (Phi) is 8.59. The summed E-state index contributed by atoms with van der Waals surface area (Å²) in [4.78, 5) is 25.5. The third-order valence-corrected chi connectivity index (χ3v) is 6.92. The molecule has 0 saturated carbocycles. The molecule has 0 aromatic heterocycles. The van der Waals surface area contributed by atoms with E-state index in [4.69, 9.17) is 0 Å². The summed E-state index contributed by atoms with van der Waals surface area (Å²) in [6.45, 7) is 3.64. The summed E-state index contributed by atoms with van der Waals surface area (Å²) < 4.78 is 0. The van der Waals surface area contributed by atoms with Gasteiger partial charge in [-0.1, -0.05) is 72.8 Å². The van der Waals surface area contributed by atoms with E-state index in [9.17, 15) is 30.0 Å². The highest BCUT2D eigenvalue weighted by atomic mass is 16.3. The number of nitrogens with one attached hydrogen (secondary N) is 2. The molecule has 0 heterocycles. The summed E-state index contributed by atoms with van der Waals surface area (Å²) in [7, 11) is 0. The largest absolute Gasteiger partial charge is 0.504 e. The van der Waals surface area contributed by atoms with Gasteiger partial charge in [-0.15, -0.1) is 0 Å². The molecule has 0 aliphatic carbocycles. The van der Waals surface area contributed by atoms with Crippen LogP contribution in [0.15, 0.2) is 84.9 Å². The fourth-order valence-corrected chi connectivity index (χ4v) is 4.48. The molecule has 6 N–H and O–H groups in total. The molecule has 40 heavy (non-hydrogen) atoms. The first-order chi connectivity index (χ1) is 19.2. The van der Waals surface area contributed by atoms with E-state index < -0.39 is 34.8 Å². The topological polar surface area (TPSA) is 139 Å². The average Bonchev–Trinajstić information content (AvgIpc) is 2.96. The predicted octanol–water partition coefficient (Wildman–Crippen LogP) is 5.28. The van der Waals surface area contributed by atoms with Crippen LogP contribution in [0.25, 0.3) is 0 Å². The van der Waals surface area contributed by atoms with Gasteiger partial charge in [0.1, 0.15) is 0 Å². The van der Waals surface area contributed by atoms with Crippen molar-refractivity contribution in [2.24, 2.45) is 0 Å². The first-order valence-electron chi connectivity index (χ1n) is 13.0. The molecule has 4 aromatic rings. The minimum Gasteiger partial charge on any atom is -0.504 e. The fraction of sp³-hybridized carbons (Fsp3) is 0.188. The van der Waals surface area contributed by atoms with Gasteiger partial charge < -0.3 is 31.1 Å². The maximum Gasteiger partial charge on any atom is 0.255 e. The highest BCUT2D eigenvalue weighted by Crippen LogP contribution is 2.37. The Labute approximate surface area is 232 Å². The Bertz CT molecular complexity index is 1390. The van der Waals surface area contributed by atoms with Gasteiger partial charge in [0.25, 0.3) is 11.8 Å². The van der Waals surface area contributed by atoms with Crippen LogP contribution in [-0.2, 0) is 12.8 Å². The number of amides is 2. The van der Waals surface area contributed by atoms with Gasteiger partial charge in [0.05, 0.1) is 23.2 Å². The predicted molar refractivity (Wildman–Crippen MR) is 152 cm³/mol. The molecule has 2 amide bonds. The molecule has 0 saturated heterocycles. The van der Waals surface area contributed by atoms with Gasteiger partial charge in [0, 0.05) is 0 Å². The number of hydrogen-bond donors (Lipinski definition) is 6. The summed E-state index contributed by atoms with van der Waals surface area (Å²) in [5.41, 5.74) is 2.36. The molecule has 4 aromatic carbocycles. The zero-order chi connectivity index (χ0) is 28.8. The fourth-order valence-electron chi connectivity index (χ4n) is 4.48. The monoisotopic (exact) mass is 540 g/mol. The Morgan fingerprint density at radius 3 is 1.25 bits per heavy atom. The third-order valence-electron chi connectivity index (χ3n) is 6.92. The van der Waals surface area contributed by atoms with Gasteiger partial charge >= 0.3 is 0 Å². The van der Waals surface area contributed by atoms with Gasteiger partial charge in [-0.3, -0.25) is 9.59 Å². The van der Waals surface area contributed by atoms with E-state index in [2.05, 4.69) is 10.6 Å². The number of rotatable bonds is 9. The summed E-state index contributed by atoms with van der Waals surface area (Å²) >= 11 is 0. The molecular weight excluding hydrogens is 508 g/mol. The molecule has 0 spiro atoms. The molecule has 0 fully saturated rings. The average molecular weight is 541 g/mol. The minimum atomic E-state index is -0.540. The lowest BCUT2D eigenvalue weighted by Crippen LogP contribution is -2.26. The van der Waals surface area contributed by atoms with E-state index in [1.165, 1.54) is 24.3 Å². The van der Waals surface area contributed by atoms with Crippen molar-refractivity contribution in [2.75, 3.05) is 0 Å². The van der Waals surface area contributed by atoms with E-state index in [1.54, 1.807) is 0 Å². The van der Waals surface area contributed by atoms with Crippen molar-refractivity contribution in [3.05, 3.63) is 118 Å². The molecule has 206 valence electrons. The molecule has 0 radical (unpaired) electrons. The number of carbonyl (C=O) groups excluding carboxylic acids is 2. The highest BCUT2D eigenvalue weighted by molar-refractivity contribution is 5.98. The lowest BCUT2D eigenvalue weighted by atomic mass is 9.98. The molecule has 4 rings (SSSR count). The first kappa shape index (κ1) is 28.0. The van der Waals surface area contributed by atoms with E-state index in [1.807, 2.05) is 74.5 Å². The number of carbonyl (C=O) groups is 2.